The van der Waals surface area contributed by atoms with Gasteiger partial charge in [-0.25, -0.2) is 4.98 Å². The van der Waals surface area contributed by atoms with Crippen LogP contribution in [0.25, 0.3) is 0 Å². The second-order valence-corrected chi connectivity index (χ2v) is 5.41. The van der Waals surface area contributed by atoms with Gasteiger partial charge in [-0.05, 0) is 45.4 Å². The van der Waals surface area contributed by atoms with Crippen LogP contribution in [0.1, 0.15) is 36.8 Å². The van der Waals surface area contributed by atoms with Crippen molar-refractivity contribution in [3.63, 3.8) is 0 Å². The van der Waals surface area contributed by atoms with Gasteiger partial charge in [-0.3, -0.25) is 0 Å². The Bertz CT molecular complexity index is 558. The number of aromatic nitrogens is 2. The van der Waals surface area contributed by atoms with Crippen LogP contribution in [0.15, 0.2) is 30.6 Å². The van der Waals surface area contributed by atoms with Gasteiger partial charge in [0.1, 0.15) is 5.75 Å². The Morgan fingerprint density at radius 2 is 1.85 bits per heavy atom. The number of hydrogen-bond donors (Lipinski definition) is 1. The third-order valence-electron chi connectivity index (χ3n) is 3.42. The summed E-state index contributed by atoms with van der Waals surface area (Å²) in [5.74, 6) is 0.880. The van der Waals surface area contributed by atoms with Crippen LogP contribution < -0.4 is 10.5 Å². The zero-order valence-electron chi connectivity index (χ0n) is 12.6. The highest BCUT2D eigenvalue weighted by molar-refractivity contribution is 5.29. The highest BCUT2D eigenvalue weighted by Gasteiger charge is 2.10. The normalized spacial score (nSPS) is 12.7. The lowest BCUT2D eigenvalue weighted by molar-refractivity contribution is 0.242. The first-order valence-corrected chi connectivity index (χ1v) is 6.98. The minimum atomic E-state index is -0.0459. The average Bonchev–Trinajstić information content (AvgIpc) is 2.71. The summed E-state index contributed by atoms with van der Waals surface area (Å²) in [6.45, 7) is 8.84. The fourth-order valence-electron chi connectivity index (χ4n) is 2.11. The lowest BCUT2D eigenvalue weighted by Crippen LogP contribution is -2.18. The third kappa shape index (κ3) is 3.39. The molecule has 0 amide bonds. The Kier molecular flexibility index (Phi) is 4.45. The van der Waals surface area contributed by atoms with Crippen molar-refractivity contribution in [3.05, 3.63) is 47.5 Å². The molecule has 0 aliphatic rings. The lowest BCUT2D eigenvalue weighted by atomic mass is 10.1. The van der Waals surface area contributed by atoms with Crippen LogP contribution in [0.5, 0.6) is 5.75 Å². The van der Waals surface area contributed by atoms with Crippen LogP contribution in [-0.2, 0) is 6.54 Å². The van der Waals surface area contributed by atoms with Crippen LogP contribution in [0, 0.1) is 13.8 Å². The molecule has 0 aliphatic carbocycles. The minimum absolute atomic E-state index is 0.0459. The summed E-state index contributed by atoms with van der Waals surface area (Å²) in [5, 5.41) is 0. The quantitative estimate of drug-likeness (QED) is 0.911. The van der Waals surface area contributed by atoms with E-state index in [9.17, 15) is 0 Å². The van der Waals surface area contributed by atoms with E-state index in [-0.39, 0.29) is 12.1 Å². The zero-order chi connectivity index (χ0) is 14.7. The van der Waals surface area contributed by atoms with E-state index in [1.807, 2.05) is 51.4 Å². The molecule has 0 aliphatic heterocycles. The SMILES string of the molecule is Cc1ncn(CC(N)c2ccc(OC(C)C)cc2)c1C. The topological polar surface area (TPSA) is 53.1 Å². The molecule has 0 spiro atoms. The molecule has 1 unspecified atom stereocenters. The molecule has 0 fully saturated rings. The van der Waals surface area contributed by atoms with Crippen molar-refractivity contribution in [3.8, 4) is 5.75 Å². The van der Waals surface area contributed by atoms with Gasteiger partial charge in [0.15, 0.2) is 0 Å². The Labute approximate surface area is 120 Å². The van der Waals surface area contributed by atoms with Gasteiger partial charge in [0.25, 0.3) is 0 Å². The molecule has 1 aromatic carbocycles. The predicted octanol–water partition coefficient (Wildman–Crippen LogP) is 2.99. The van der Waals surface area contributed by atoms with Crippen LogP contribution in [0.2, 0.25) is 0 Å². The molecule has 0 saturated heterocycles. The summed E-state index contributed by atoms with van der Waals surface area (Å²) in [6.07, 6.45) is 2.03. The summed E-state index contributed by atoms with van der Waals surface area (Å²) in [4.78, 5) is 4.30. The molecule has 1 atom stereocenters. The second-order valence-electron chi connectivity index (χ2n) is 5.41. The van der Waals surface area contributed by atoms with Gasteiger partial charge in [-0.2, -0.15) is 0 Å². The van der Waals surface area contributed by atoms with Crippen molar-refractivity contribution in [1.82, 2.24) is 9.55 Å². The summed E-state index contributed by atoms with van der Waals surface area (Å²) in [7, 11) is 0. The van der Waals surface area contributed by atoms with Crippen LogP contribution >= 0.6 is 0 Å². The van der Waals surface area contributed by atoms with E-state index in [2.05, 4.69) is 16.5 Å². The van der Waals surface area contributed by atoms with Gasteiger partial charge in [0, 0.05) is 18.3 Å². The van der Waals surface area contributed by atoms with Crippen molar-refractivity contribution in [2.75, 3.05) is 0 Å². The Morgan fingerprint density at radius 1 is 1.20 bits per heavy atom. The molecule has 0 radical (unpaired) electrons. The van der Waals surface area contributed by atoms with Gasteiger partial charge in [-0.1, -0.05) is 12.1 Å². The number of nitrogens with two attached hydrogens (primary N) is 1. The van der Waals surface area contributed by atoms with Crippen molar-refractivity contribution >= 4 is 0 Å². The van der Waals surface area contributed by atoms with Gasteiger partial charge >= 0.3 is 0 Å². The molecule has 2 rings (SSSR count). The van der Waals surface area contributed by atoms with Gasteiger partial charge in [-0.15, -0.1) is 0 Å². The van der Waals surface area contributed by atoms with E-state index in [4.69, 9.17) is 10.5 Å². The monoisotopic (exact) mass is 273 g/mol. The number of rotatable bonds is 5. The van der Waals surface area contributed by atoms with E-state index in [1.165, 1.54) is 5.69 Å². The zero-order valence-corrected chi connectivity index (χ0v) is 12.6. The molecular weight excluding hydrogens is 250 g/mol. The summed E-state index contributed by atoms with van der Waals surface area (Å²) in [6, 6.07) is 7.96. The molecule has 1 aromatic heterocycles. The first-order chi connectivity index (χ1) is 9.47. The van der Waals surface area contributed by atoms with Crippen LogP contribution in [0.3, 0.4) is 0 Å². The maximum absolute atomic E-state index is 6.27. The third-order valence-corrected chi connectivity index (χ3v) is 3.42. The maximum Gasteiger partial charge on any atom is 0.119 e. The molecule has 20 heavy (non-hydrogen) atoms. The molecule has 4 heteroatoms. The highest BCUT2D eigenvalue weighted by atomic mass is 16.5. The Morgan fingerprint density at radius 3 is 2.35 bits per heavy atom. The second kappa shape index (κ2) is 6.09. The fraction of sp³-hybridized carbons (Fsp3) is 0.438. The number of hydrogen-bond acceptors (Lipinski definition) is 3. The summed E-state index contributed by atoms with van der Waals surface area (Å²) >= 11 is 0. The van der Waals surface area contributed by atoms with Crippen molar-refractivity contribution in [2.24, 2.45) is 5.73 Å². The van der Waals surface area contributed by atoms with E-state index in [1.54, 1.807) is 0 Å². The maximum atomic E-state index is 6.27. The number of imidazole rings is 1. The van der Waals surface area contributed by atoms with Gasteiger partial charge < -0.3 is 15.0 Å². The first-order valence-electron chi connectivity index (χ1n) is 6.98. The molecule has 2 N–H and O–H groups in total. The molecular formula is C16H23N3O. The lowest BCUT2D eigenvalue weighted by Gasteiger charge is -2.15. The highest BCUT2D eigenvalue weighted by Crippen LogP contribution is 2.19. The Hall–Kier alpha value is -1.81. The number of benzene rings is 1. The largest absolute Gasteiger partial charge is 0.491 e. The van der Waals surface area contributed by atoms with E-state index in [0.717, 1.165) is 23.6 Å². The molecule has 2 aromatic rings. The molecule has 1 heterocycles. The molecule has 0 saturated carbocycles. The minimum Gasteiger partial charge on any atom is -0.491 e. The molecule has 108 valence electrons. The number of ether oxygens (including phenoxy) is 1. The van der Waals surface area contributed by atoms with Crippen molar-refractivity contribution < 1.29 is 4.74 Å². The van der Waals surface area contributed by atoms with E-state index < -0.39 is 0 Å². The molecule has 0 bridgehead atoms. The standard InChI is InChI=1S/C16H23N3O/c1-11(2)20-15-7-5-14(6-8-15)16(17)9-19-10-18-12(3)13(19)4/h5-8,10-11,16H,9,17H2,1-4H3. The average molecular weight is 273 g/mol. The Balaban J connectivity index is 2.05. The smallest absolute Gasteiger partial charge is 0.119 e. The van der Waals surface area contributed by atoms with Crippen molar-refractivity contribution in [2.45, 2.75) is 46.4 Å². The number of nitrogens with zero attached hydrogens (tertiary/aromatic N) is 2. The first kappa shape index (κ1) is 14.6. The van der Waals surface area contributed by atoms with E-state index in [0.29, 0.717) is 0 Å². The summed E-state index contributed by atoms with van der Waals surface area (Å²) in [5.41, 5.74) is 9.59. The van der Waals surface area contributed by atoms with E-state index >= 15 is 0 Å². The molecule has 4 nitrogen and oxygen atoms in total. The fourth-order valence-corrected chi connectivity index (χ4v) is 2.11. The van der Waals surface area contributed by atoms with Crippen molar-refractivity contribution in [1.29, 1.82) is 0 Å². The van der Waals surface area contributed by atoms with Gasteiger partial charge in [0.2, 0.25) is 0 Å². The van der Waals surface area contributed by atoms with Gasteiger partial charge in [0.05, 0.1) is 18.1 Å². The van der Waals surface area contributed by atoms with Crippen LogP contribution in [0.4, 0.5) is 0 Å². The van der Waals surface area contributed by atoms with Crippen LogP contribution in [-0.4, -0.2) is 15.7 Å². The predicted molar refractivity (Wildman–Crippen MR) is 80.8 cm³/mol. The number of aryl methyl sites for hydroxylation is 1. The summed E-state index contributed by atoms with van der Waals surface area (Å²) < 4.78 is 7.73.